The van der Waals surface area contributed by atoms with Crippen molar-refractivity contribution in [2.45, 2.75) is 38.8 Å². The fourth-order valence-corrected chi connectivity index (χ4v) is 1.84. The van der Waals surface area contributed by atoms with Crippen molar-refractivity contribution < 1.29 is 9.53 Å². The molecule has 1 fully saturated rings. The smallest absolute Gasteiger partial charge is 0.257 e. The number of pyridine rings is 1. The highest BCUT2D eigenvalue weighted by atomic mass is 16.5. The SMILES string of the molecule is Cc1ccc(OCC(=O)NCCC#N)c(CNC2CC2)n1. The van der Waals surface area contributed by atoms with Crippen LogP contribution in [0.3, 0.4) is 0 Å². The molecule has 1 aromatic rings. The zero-order valence-corrected chi connectivity index (χ0v) is 12.2. The van der Waals surface area contributed by atoms with Crippen molar-refractivity contribution in [3.63, 3.8) is 0 Å². The number of nitrogens with zero attached hydrogens (tertiary/aromatic N) is 2. The molecule has 1 aliphatic rings. The molecule has 0 saturated heterocycles. The lowest BCUT2D eigenvalue weighted by molar-refractivity contribution is -0.123. The predicted octanol–water partition coefficient (Wildman–Crippen LogP) is 1.05. The molecule has 112 valence electrons. The van der Waals surface area contributed by atoms with Crippen LogP contribution in [0.25, 0.3) is 0 Å². The normalized spacial score (nSPS) is 13.5. The molecule has 6 nitrogen and oxygen atoms in total. The molecule has 1 amide bonds. The summed E-state index contributed by atoms with van der Waals surface area (Å²) in [6.45, 7) is 2.87. The van der Waals surface area contributed by atoms with E-state index in [1.165, 1.54) is 12.8 Å². The van der Waals surface area contributed by atoms with Crippen molar-refractivity contribution in [3.05, 3.63) is 23.5 Å². The Morgan fingerprint density at radius 2 is 2.33 bits per heavy atom. The molecule has 0 aromatic carbocycles. The molecular formula is C15H20N4O2. The minimum absolute atomic E-state index is 0.0629. The van der Waals surface area contributed by atoms with Crippen molar-refractivity contribution >= 4 is 5.91 Å². The van der Waals surface area contributed by atoms with E-state index < -0.39 is 0 Å². The van der Waals surface area contributed by atoms with Crippen LogP contribution in [-0.2, 0) is 11.3 Å². The van der Waals surface area contributed by atoms with Gasteiger partial charge in [0.1, 0.15) is 5.75 Å². The number of nitriles is 1. The van der Waals surface area contributed by atoms with Gasteiger partial charge in [0.2, 0.25) is 0 Å². The Bertz CT molecular complexity index is 535. The van der Waals surface area contributed by atoms with Gasteiger partial charge in [-0.2, -0.15) is 5.26 Å². The molecule has 1 aromatic heterocycles. The van der Waals surface area contributed by atoms with Crippen LogP contribution in [0.2, 0.25) is 0 Å². The second kappa shape index (κ2) is 7.60. The average molecular weight is 288 g/mol. The summed E-state index contributed by atoms with van der Waals surface area (Å²) in [5.74, 6) is 0.399. The van der Waals surface area contributed by atoms with Gasteiger partial charge in [-0.25, -0.2) is 0 Å². The van der Waals surface area contributed by atoms with Crippen molar-refractivity contribution in [2.75, 3.05) is 13.2 Å². The lowest BCUT2D eigenvalue weighted by Crippen LogP contribution is -2.30. The van der Waals surface area contributed by atoms with Crippen LogP contribution in [0.1, 0.15) is 30.7 Å². The van der Waals surface area contributed by atoms with Gasteiger partial charge in [0.05, 0.1) is 18.2 Å². The van der Waals surface area contributed by atoms with Crippen molar-refractivity contribution in [1.82, 2.24) is 15.6 Å². The van der Waals surface area contributed by atoms with E-state index in [0.717, 1.165) is 11.4 Å². The van der Waals surface area contributed by atoms with E-state index in [-0.39, 0.29) is 12.5 Å². The van der Waals surface area contributed by atoms with Gasteiger partial charge in [-0.05, 0) is 31.9 Å². The Balaban J connectivity index is 1.85. The van der Waals surface area contributed by atoms with Crippen molar-refractivity contribution in [3.8, 4) is 11.8 Å². The summed E-state index contributed by atoms with van der Waals surface area (Å²) in [6.07, 6.45) is 2.72. The van der Waals surface area contributed by atoms with E-state index in [1.807, 2.05) is 25.1 Å². The predicted molar refractivity (Wildman–Crippen MR) is 77.6 cm³/mol. The first-order chi connectivity index (χ1) is 10.2. The molecule has 1 heterocycles. The summed E-state index contributed by atoms with van der Waals surface area (Å²) in [7, 11) is 0. The zero-order chi connectivity index (χ0) is 15.1. The number of ether oxygens (including phenoxy) is 1. The third kappa shape index (κ3) is 5.40. The summed E-state index contributed by atoms with van der Waals surface area (Å²) in [5, 5.41) is 14.4. The summed E-state index contributed by atoms with van der Waals surface area (Å²) in [5.41, 5.74) is 1.75. The first-order valence-corrected chi connectivity index (χ1v) is 7.15. The van der Waals surface area contributed by atoms with Gasteiger partial charge < -0.3 is 15.4 Å². The Morgan fingerprint density at radius 1 is 1.52 bits per heavy atom. The molecule has 0 aliphatic heterocycles. The number of carbonyl (C=O) groups is 1. The van der Waals surface area contributed by atoms with Crippen LogP contribution < -0.4 is 15.4 Å². The molecule has 2 N–H and O–H groups in total. The fourth-order valence-electron chi connectivity index (χ4n) is 1.84. The number of amides is 1. The second-order valence-corrected chi connectivity index (χ2v) is 5.10. The summed E-state index contributed by atoms with van der Waals surface area (Å²) >= 11 is 0. The number of rotatable bonds is 8. The highest BCUT2D eigenvalue weighted by Gasteiger charge is 2.21. The van der Waals surface area contributed by atoms with Crippen LogP contribution in [-0.4, -0.2) is 30.1 Å². The Labute approximate surface area is 124 Å². The molecule has 1 aliphatic carbocycles. The van der Waals surface area contributed by atoms with Gasteiger partial charge in [0, 0.05) is 24.8 Å². The number of carbonyl (C=O) groups excluding carboxylic acids is 1. The highest BCUT2D eigenvalue weighted by molar-refractivity contribution is 5.77. The molecule has 0 unspecified atom stereocenters. The molecule has 0 spiro atoms. The number of nitrogens with one attached hydrogen (secondary N) is 2. The van der Waals surface area contributed by atoms with E-state index >= 15 is 0 Å². The van der Waals surface area contributed by atoms with Gasteiger partial charge >= 0.3 is 0 Å². The van der Waals surface area contributed by atoms with Gasteiger partial charge in [0.25, 0.3) is 5.91 Å². The maximum absolute atomic E-state index is 11.6. The third-order valence-electron chi connectivity index (χ3n) is 3.12. The molecular weight excluding hydrogens is 268 g/mol. The van der Waals surface area contributed by atoms with Gasteiger partial charge in [-0.3, -0.25) is 9.78 Å². The average Bonchev–Trinajstić information content (AvgIpc) is 3.28. The first-order valence-electron chi connectivity index (χ1n) is 7.15. The minimum atomic E-state index is -0.230. The molecule has 21 heavy (non-hydrogen) atoms. The number of hydrogen-bond donors (Lipinski definition) is 2. The molecule has 0 bridgehead atoms. The standard InChI is InChI=1S/C15H20N4O2/c1-11-3-6-14(13(19-11)9-18-12-4-5-12)21-10-15(20)17-8-2-7-16/h3,6,12,18H,2,4-5,8-10H2,1H3,(H,17,20). The van der Waals surface area contributed by atoms with Crippen LogP contribution in [0.5, 0.6) is 5.75 Å². The number of aryl methyl sites for hydroxylation is 1. The Morgan fingerprint density at radius 3 is 3.05 bits per heavy atom. The minimum Gasteiger partial charge on any atom is -0.482 e. The molecule has 2 rings (SSSR count). The van der Waals surface area contributed by atoms with Crippen LogP contribution in [0.4, 0.5) is 0 Å². The maximum atomic E-state index is 11.6. The highest BCUT2D eigenvalue weighted by Crippen LogP contribution is 2.22. The molecule has 1 saturated carbocycles. The van der Waals surface area contributed by atoms with Gasteiger partial charge in [-0.1, -0.05) is 0 Å². The largest absolute Gasteiger partial charge is 0.482 e. The summed E-state index contributed by atoms with van der Waals surface area (Å²) < 4.78 is 5.54. The number of aromatic nitrogens is 1. The van der Waals surface area contributed by atoms with E-state index in [0.29, 0.717) is 31.3 Å². The molecule has 0 radical (unpaired) electrons. The summed E-state index contributed by atoms with van der Waals surface area (Å²) in [6, 6.07) is 6.27. The van der Waals surface area contributed by atoms with Crippen LogP contribution in [0, 0.1) is 18.3 Å². The van der Waals surface area contributed by atoms with Crippen LogP contribution in [0.15, 0.2) is 12.1 Å². The van der Waals surface area contributed by atoms with Crippen molar-refractivity contribution in [2.24, 2.45) is 0 Å². The zero-order valence-electron chi connectivity index (χ0n) is 12.2. The monoisotopic (exact) mass is 288 g/mol. The van der Waals surface area contributed by atoms with Gasteiger partial charge in [0.15, 0.2) is 6.61 Å². The quantitative estimate of drug-likeness (QED) is 0.698. The number of hydrogen-bond acceptors (Lipinski definition) is 5. The third-order valence-corrected chi connectivity index (χ3v) is 3.12. The molecule has 0 atom stereocenters. The first kappa shape index (κ1) is 15.3. The van der Waals surface area contributed by atoms with Crippen LogP contribution >= 0.6 is 0 Å². The van der Waals surface area contributed by atoms with Gasteiger partial charge in [-0.15, -0.1) is 0 Å². The lowest BCUT2D eigenvalue weighted by Gasteiger charge is -2.12. The topological polar surface area (TPSA) is 87.0 Å². The molecule has 6 heteroatoms. The maximum Gasteiger partial charge on any atom is 0.257 e. The fraction of sp³-hybridized carbons (Fsp3) is 0.533. The van der Waals surface area contributed by atoms with E-state index in [4.69, 9.17) is 10.00 Å². The van der Waals surface area contributed by atoms with E-state index in [1.54, 1.807) is 0 Å². The summed E-state index contributed by atoms with van der Waals surface area (Å²) in [4.78, 5) is 16.0. The van der Waals surface area contributed by atoms with E-state index in [2.05, 4.69) is 15.6 Å². The Kier molecular flexibility index (Phi) is 5.52. The van der Waals surface area contributed by atoms with E-state index in [9.17, 15) is 4.79 Å². The lowest BCUT2D eigenvalue weighted by atomic mass is 10.3. The second-order valence-electron chi connectivity index (χ2n) is 5.10. The Hall–Kier alpha value is -2.13. The van der Waals surface area contributed by atoms with Crippen molar-refractivity contribution in [1.29, 1.82) is 5.26 Å².